The van der Waals surface area contributed by atoms with Crippen LogP contribution in [0.2, 0.25) is 0 Å². The number of aryl methyl sites for hydroxylation is 2. The predicted octanol–water partition coefficient (Wildman–Crippen LogP) is 1.28. The molecule has 0 spiro atoms. The summed E-state index contributed by atoms with van der Waals surface area (Å²) in [6.07, 6.45) is 3.12. The van der Waals surface area contributed by atoms with Gasteiger partial charge < -0.3 is 15.6 Å². The average molecular weight is 219 g/mol. The Balaban J connectivity index is 2.08. The highest BCUT2D eigenvalue weighted by molar-refractivity contribution is 5.39. The van der Waals surface area contributed by atoms with Crippen molar-refractivity contribution in [1.82, 2.24) is 15.1 Å². The fourth-order valence-corrected chi connectivity index (χ4v) is 1.40. The summed E-state index contributed by atoms with van der Waals surface area (Å²) in [5.41, 5.74) is 7.43. The number of nitrogens with zero attached hydrogens (tertiary/aromatic N) is 3. The van der Waals surface area contributed by atoms with Crippen molar-refractivity contribution in [2.75, 3.05) is 11.1 Å². The van der Waals surface area contributed by atoms with Gasteiger partial charge in [-0.15, -0.1) is 0 Å². The lowest BCUT2D eigenvalue weighted by atomic mass is 10.2. The topological polar surface area (TPSA) is 89.9 Å². The fourth-order valence-electron chi connectivity index (χ4n) is 1.40. The normalized spacial score (nSPS) is 10.4. The Hall–Kier alpha value is -2.11. The van der Waals surface area contributed by atoms with E-state index in [2.05, 4.69) is 20.4 Å². The second kappa shape index (κ2) is 4.18. The fraction of sp³-hybridized carbons (Fsp3) is 0.300. The zero-order valence-electron chi connectivity index (χ0n) is 9.19. The first-order chi connectivity index (χ1) is 7.66. The van der Waals surface area contributed by atoms with Crippen LogP contribution >= 0.6 is 0 Å². The van der Waals surface area contributed by atoms with Crippen LogP contribution in [0.4, 0.5) is 11.6 Å². The summed E-state index contributed by atoms with van der Waals surface area (Å²) in [6.45, 7) is 4.37. The van der Waals surface area contributed by atoms with E-state index in [1.54, 1.807) is 6.20 Å². The van der Waals surface area contributed by atoms with Crippen LogP contribution in [0, 0.1) is 13.8 Å². The Morgan fingerprint density at radius 3 is 2.81 bits per heavy atom. The monoisotopic (exact) mass is 219 g/mol. The maximum absolute atomic E-state index is 5.52. The first-order valence-electron chi connectivity index (χ1n) is 4.90. The van der Waals surface area contributed by atoms with E-state index in [4.69, 9.17) is 10.3 Å². The zero-order chi connectivity index (χ0) is 11.5. The Kier molecular flexibility index (Phi) is 2.72. The molecule has 0 bridgehead atoms. The largest absolute Gasteiger partial charge is 0.382 e. The lowest BCUT2D eigenvalue weighted by Gasteiger charge is -2.04. The number of nitrogens with two attached hydrogens (primary N) is 1. The van der Waals surface area contributed by atoms with Crippen LogP contribution in [0.1, 0.15) is 17.0 Å². The van der Waals surface area contributed by atoms with Crippen LogP contribution in [-0.2, 0) is 6.54 Å². The van der Waals surface area contributed by atoms with E-state index >= 15 is 0 Å². The first kappa shape index (κ1) is 10.4. The van der Waals surface area contributed by atoms with Gasteiger partial charge in [0.15, 0.2) is 0 Å². The molecule has 0 saturated carbocycles. The summed E-state index contributed by atoms with van der Waals surface area (Å²) < 4.78 is 5.06. The highest BCUT2D eigenvalue weighted by Crippen LogP contribution is 2.14. The number of nitrogens with one attached hydrogen (secondary N) is 1. The molecule has 0 unspecified atom stereocenters. The minimum Gasteiger partial charge on any atom is -0.382 e. The van der Waals surface area contributed by atoms with Gasteiger partial charge in [0, 0.05) is 12.1 Å². The Labute approximate surface area is 92.9 Å². The van der Waals surface area contributed by atoms with E-state index in [-0.39, 0.29) is 0 Å². The number of hydrogen-bond acceptors (Lipinski definition) is 6. The molecular formula is C10H13N5O. The number of aromatic nitrogens is 3. The van der Waals surface area contributed by atoms with E-state index in [1.165, 1.54) is 6.20 Å². The second-order valence-electron chi connectivity index (χ2n) is 3.49. The molecule has 2 heterocycles. The van der Waals surface area contributed by atoms with Gasteiger partial charge in [0.2, 0.25) is 0 Å². The van der Waals surface area contributed by atoms with Crippen LogP contribution in [-0.4, -0.2) is 15.1 Å². The third-order valence-corrected chi connectivity index (χ3v) is 2.28. The van der Waals surface area contributed by atoms with Crippen LogP contribution in [0.25, 0.3) is 0 Å². The molecule has 2 aromatic rings. The smallest absolute Gasteiger partial charge is 0.147 e. The molecule has 3 N–H and O–H groups in total. The highest BCUT2D eigenvalue weighted by atomic mass is 16.5. The van der Waals surface area contributed by atoms with Crippen molar-refractivity contribution in [2.24, 2.45) is 0 Å². The first-order valence-corrected chi connectivity index (χ1v) is 4.90. The van der Waals surface area contributed by atoms with Crippen LogP contribution in [0.15, 0.2) is 16.9 Å². The molecular weight excluding hydrogens is 206 g/mol. The Morgan fingerprint density at radius 1 is 1.38 bits per heavy atom. The van der Waals surface area contributed by atoms with Gasteiger partial charge in [-0.3, -0.25) is 4.98 Å². The number of rotatable bonds is 3. The van der Waals surface area contributed by atoms with E-state index in [0.717, 1.165) is 17.0 Å². The molecule has 84 valence electrons. The SMILES string of the molecule is Cc1noc(C)c1CNc1cncc(N)n1. The standard InChI is InChI=1S/C10H13N5O/c1-6-8(7(2)16-15-6)3-13-10-5-12-4-9(11)14-10/h4-5H,3H2,1-2H3,(H3,11,13,14). The van der Waals surface area contributed by atoms with Crippen molar-refractivity contribution < 1.29 is 4.52 Å². The van der Waals surface area contributed by atoms with Crippen molar-refractivity contribution in [3.05, 3.63) is 29.4 Å². The lowest BCUT2D eigenvalue weighted by molar-refractivity contribution is 0.392. The third kappa shape index (κ3) is 2.10. The Bertz CT molecular complexity index is 474. The summed E-state index contributed by atoms with van der Waals surface area (Å²) in [5.74, 6) is 1.84. The van der Waals surface area contributed by atoms with Crippen molar-refractivity contribution >= 4 is 11.6 Å². The van der Waals surface area contributed by atoms with Crippen molar-refractivity contribution in [3.8, 4) is 0 Å². The van der Waals surface area contributed by atoms with Gasteiger partial charge in [0.05, 0.1) is 18.1 Å². The minimum atomic E-state index is 0.392. The molecule has 0 amide bonds. The maximum atomic E-state index is 5.52. The van der Waals surface area contributed by atoms with Crippen LogP contribution in [0.5, 0.6) is 0 Å². The summed E-state index contributed by atoms with van der Waals surface area (Å²) >= 11 is 0. The summed E-state index contributed by atoms with van der Waals surface area (Å²) in [4.78, 5) is 8.03. The van der Waals surface area contributed by atoms with Gasteiger partial charge in [0.25, 0.3) is 0 Å². The zero-order valence-corrected chi connectivity index (χ0v) is 9.19. The molecule has 0 saturated heterocycles. The van der Waals surface area contributed by atoms with E-state index < -0.39 is 0 Å². The van der Waals surface area contributed by atoms with Gasteiger partial charge in [-0.25, -0.2) is 4.98 Å². The van der Waals surface area contributed by atoms with Crippen LogP contribution in [0.3, 0.4) is 0 Å². The number of hydrogen-bond donors (Lipinski definition) is 2. The highest BCUT2D eigenvalue weighted by Gasteiger charge is 2.08. The summed E-state index contributed by atoms with van der Waals surface area (Å²) in [7, 11) is 0. The molecule has 0 fully saturated rings. The molecule has 6 nitrogen and oxygen atoms in total. The van der Waals surface area contributed by atoms with Crippen molar-refractivity contribution in [1.29, 1.82) is 0 Å². The summed E-state index contributed by atoms with van der Waals surface area (Å²) in [5, 5.41) is 6.99. The molecule has 0 atom stereocenters. The van der Waals surface area contributed by atoms with Gasteiger partial charge in [-0.2, -0.15) is 0 Å². The molecule has 2 rings (SSSR count). The van der Waals surface area contributed by atoms with E-state index in [9.17, 15) is 0 Å². The third-order valence-electron chi connectivity index (χ3n) is 2.28. The van der Waals surface area contributed by atoms with Crippen LogP contribution < -0.4 is 11.1 Å². The minimum absolute atomic E-state index is 0.392. The number of anilines is 2. The lowest BCUT2D eigenvalue weighted by Crippen LogP contribution is -2.04. The molecule has 16 heavy (non-hydrogen) atoms. The predicted molar refractivity (Wildman–Crippen MR) is 59.7 cm³/mol. The van der Waals surface area contributed by atoms with E-state index in [0.29, 0.717) is 18.2 Å². The molecule has 0 aliphatic carbocycles. The van der Waals surface area contributed by atoms with Gasteiger partial charge in [-0.1, -0.05) is 5.16 Å². The number of nitrogen functional groups attached to an aromatic ring is 1. The second-order valence-corrected chi connectivity index (χ2v) is 3.49. The average Bonchev–Trinajstić information content (AvgIpc) is 2.56. The van der Waals surface area contributed by atoms with Gasteiger partial charge in [0.1, 0.15) is 17.4 Å². The van der Waals surface area contributed by atoms with Gasteiger partial charge >= 0.3 is 0 Å². The van der Waals surface area contributed by atoms with Crippen molar-refractivity contribution in [3.63, 3.8) is 0 Å². The van der Waals surface area contributed by atoms with Gasteiger partial charge in [-0.05, 0) is 13.8 Å². The molecule has 0 aromatic carbocycles. The van der Waals surface area contributed by atoms with Crippen molar-refractivity contribution in [2.45, 2.75) is 20.4 Å². The Morgan fingerprint density at radius 2 is 2.19 bits per heavy atom. The molecule has 0 aliphatic rings. The quantitative estimate of drug-likeness (QED) is 0.808. The van der Waals surface area contributed by atoms with E-state index in [1.807, 2.05) is 13.8 Å². The molecule has 2 aromatic heterocycles. The summed E-state index contributed by atoms with van der Waals surface area (Å²) in [6, 6.07) is 0. The molecule has 6 heteroatoms. The maximum Gasteiger partial charge on any atom is 0.147 e. The molecule has 0 radical (unpaired) electrons. The molecule has 0 aliphatic heterocycles.